The van der Waals surface area contributed by atoms with Gasteiger partial charge in [-0.3, -0.25) is 4.79 Å². The zero-order chi connectivity index (χ0) is 9.10. The summed E-state index contributed by atoms with van der Waals surface area (Å²) in [7, 11) is 0. The van der Waals surface area contributed by atoms with Crippen LogP contribution in [0, 0.1) is 0 Å². The molecule has 0 aliphatic heterocycles. The minimum atomic E-state index is 0.567. The van der Waals surface area contributed by atoms with Gasteiger partial charge >= 0.3 is 0 Å². The Hall–Kier alpha value is -1.90. The third-order valence-electron chi connectivity index (χ3n) is 1.73. The molecule has 2 aromatic rings. The molecule has 1 heterocycles. The Balaban J connectivity index is 2.38. The molecule has 0 N–H and O–H groups in total. The van der Waals surface area contributed by atoms with E-state index in [1.807, 2.05) is 0 Å². The van der Waals surface area contributed by atoms with Crippen LogP contribution in [0.1, 0.15) is 10.4 Å². The van der Waals surface area contributed by atoms with E-state index in [-0.39, 0.29) is 0 Å². The highest BCUT2D eigenvalue weighted by Crippen LogP contribution is 2.16. The monoisotopic (exact) mass is 173 g/mol. The van der Waals surface area contributed by atoms with E-state index in [9.17, 15) is 4.79 Å². The predicted molar refractivity (Wildman–Crippen MR) is 47.3 cm³/mol. The Bertz CT molecular complexity index is 389. The van der Waals surface area contributed by atoms with Crippen molar-refractivity contribution in [3.63, 3.8) is 0 Å². The molecule has 0 atom stereocenters. The van der Waals surface area contributed by atoms with Gasteiger partial charge in [0.2, 0.25) is 5.89 Å². The van der Waals surface area contributed by atoms with Crippen molar-refractivity contribution in [3.05, 3.63) is 42.3 Å². The summed E-state index contributed by atoms with van der Waals surface area (Å²) in [4.78, 5) is 14.4. The molecule has 1 aromatic carbocycles. The maximum absolute atomic E-state index is 10.4. The molecule has 0 fully saturated rings. The van der Waals surface area contributed by atoms with Gasteiger partial charge in [0.1, 0.15) is 12.5 Å². The van der Waals surface area contributed by atoms with E-state index in [4.69, 9.17) is 4.42 Å². The molecule has 2 rings (SSSR count). The number of aromatic nitrogens is 1. The summed E-state index contributed by atoms with van der Waals surface area (Å²) in [6, 6.07) is 7.06. The molecule has 0 spiro atoms. The van der Waals surface area contributed by atoms with E-state index in [0.29, 0.717) is 11.5 Å². The van der Waals surface area contributed by atoms with Crippen molar-refractivity contribution >= 4 is 6.29 Å². The maximum Gasteiger partial charge on any atom is 0.225 e. The lowest BCUT2D eigenvalue weighted by Gasteiger charge is -1.94. The minimum Gasteiger partial charge on any atom is -0.445 e. The maximum atomic E-state index is 10.4. The molecular formula is C10H7NO2. The van der Waals surface area contributed by atoms with Crippen molar-refractivity contribution in [2.45, 2.75) is 0 Å². The first-order valence-electron chi connectivity index (χ1n) is 3.85. The standard InChI is InChI=1S/C10H7NO2/c12-7-8-1-3-9(4-2-8)10-11-5-6-13-10/h1-7H. The topological polar surface area (TPSA) is 43.1 Å². The lowest BCUT2D eigenvalue weighted by Crippen LogP contribution is -1.80. The smallest absolute Gasteiger partial charge is 0.225 e. The second-order valence-electron chi connectivity index (χ2n) is 2.58. The molecule has 0 unspecified atom stereocenters. The molecule has 0 bridgehead atoms. The van der Waals surface area contributed by atoms with Gasteiger partial charge in [-0.25, -0.2) is 4.98 Å². The second kappa shape index (κ2) is 3.23. The molecule has 3 heteroatoms. The third kappa shape index (κ3) is 1.49. The van der Waals surface area contributed by atoms with Crippen LogP contribution >= 0.6 is 0 Å². The fraction of sp³-hybridized carbons (Fsp3) is 0. The first-order valence-corrected chi connectivity index (χ1v) is 3.85. The molecule has 1 aromatic heterocycles. The van der Waals surface area contributed by atoms with E-state index >= 15 is 0 Å². The number of aldehydes is 1. The Kier molecular flexibility index (Phi) is 1.92. The molecule has 0 saturated carbocycles. The highest BCUT2D eigenvalue weighted by atomic mass is 16.3. The van der Waals surface area contributed by atoms with Gasteiger partial charge in [0.25, 0.3) is 0 Å². The van der Waals surface area contributed by atoms with Crippen LogP contribution in [-0.4, -0.2) is 11.3 Å². The van der Waals surface area contributed by atoms with Crippen LogP contribution in [0.5, 0.6) is 0 Å². The summed E-state index contributed by atoms with van der Waals surface area (Å²) in [5.41, 5.74) is 1.52. The number of hydrogen-bond donors (Lipinski definition) is 0. The van der Waals surface area contributed by atoms with Crippen LogP contribution in [0.2, 0.25) is 0 Å². The van der Waals surface area contributed by atoms with Gasteiger partial charge in [-0.2, -0.15) is 0 Å². The summed E-state index contributed by atoms with van der Waals surface area (Å²) in [6.45, 7) is 0. The Morgan fingerprint density at radius 3 is 2.54 bits per heavy atom. The van der Waals surface area contributed by atoms with Gasteiger partial charge in [-0.1, -0.05) is 12.1 Å². The Morgan fingerprint density at radius 1 is 1.23 bits per heavy atom. The van der Waals surface area contributed by atoms with Crippen LogP contribution in [-0.2, 0) is 0 Å². The van der Waals surface area contributed by atoms with Gasteiger partial charge in [0, 0.05) is 11.1 Å². The number of oxazole rings is 1. The fourth-order valence-corrected chi connectivity index (χ4v) is 1.07. The zero-order valence-corrected chi connectivity index (χ0v) is 6.81. The summed E-state index contributed by atoms with van der Waals surface area (Å²) < 4.78 is 5.09. The summed E-state index contributed by atoms with van der Waals surface area (Å²) in [6.07, 6.45) is 3.91. The average molecular weight is 173 g/mol. The molecule has 64 valence electrons. The van der Waals surface area contributed by atoms with Crippen molar-refractivity contribution < 1.29 is 9.21 Å². The van der Waals surface area contributed by atoms with E-state index < -0.39 is 0 Å². The number of hydrogen-bond acceptors (Lipinski definition) is 3. The van der Waals surface area contributed by atoms with E-state index in [1.165, 1.54) is 6.26 Å². The van der Waals surface area contributed by atoms with E-state index in [2.05, 4.69) is 4.98 Å². The SMILES string of the molecule is O=Cc1ccc(-c2ncco2)cc1. The lowest BCUT2D eigenvalue weighted by atomic mass is 10.1. The minimum absolute atomic E-state index is 0.567. The van der Waals surface area contributed by atoms with Gasteiger partial charge in [0.15, 0.2) is 0 Å². The Labute approximate surface area is 75.0 Å². The normalized spacial score (nSPS) is 9.85. The van der Waals surface area contributed by atoms with Crippen molar-refractivity contribution in [2.24, 2.45) is 0 Å². The lowest BCUT2D eigenvalue weighted by molar-refractivity contribution is 0.112. The van der Waals surface area contributed by atoms with E-state index in [1.54, 1.807) is 30.5 Å². The molecular weight excluding hydrogens is 166 g/mol. The number of rotatable bonds is 2. The fourth-order valence-electron chi connectivity index (χ4n) is 1.07. The van der Waals surface area contributed by atoms with Crippen molar-refractivity contribution in [1.82, 2.24) is 4.98 Å². The van der Waals surface area contributed by atoms with Crippen LogP contribution in [0.4, 0.5) is 0 Å². The highest BCUT2D eigenvalue weighted by molar-refractivity contribution is 5.75. The van der Waals surface area contributed by atoms with Crippen molar-refractivity contribution in [3.8, 4) is 11.5 Å². The second-order valence-corrected chi connectivity index (χ2v) is 2.58. The van der Waals surface area contributed by atoms with Crippen molar-refractivity contribution in [1.29, 1.82) is 0 Å². The third-order valence-corrected chi connectivity index (χ3v) is 1.73. The van der Waals surface area contributed by atoms with Crippen LogP contribution in [0.15, 0.2) is 41.1 Å². The Morgan fingerprint density at radius 2 is 2.00 bits per heavy atom. The molecule has 13 heavy (non-hydrogen) atoms. The number of carbonyl (C=O) groups excluding carboxylic acids is 1. The first-order chi connectivity index (χ1) is 6.40. The van der Waals surface area contributed by atoms with Crippen LogP contribution in [0.3, 0.4) is 0 Å². The highest BCUT2D eigenvalue weighted by Gasteiger charge is 2.00. The molecule has 0 saturated heterocycles. The molecule has 0 radical (unpaired) electrons. The molecule has 0 aliphatic rings. The summed E-state index contributed by atoms with van der Waals surface area (Å²) in [5, 5.41) is 0. The molecule has 0 aliphatic carbocycles. The van der Waals surface area contributed by atoms with Gasteiger partial charge in [-0.15, -0.1) is 0 Å². The van der Waals surface area contributed by atoms with Crippen LogP contribution in [0.25, 0.3) is 11.5 Å². The largest absolute Gasteiger partial charge is 0.445 e. The first kappa shape index (κ1) is 7.73. The summed E-state index contributed by atoms with van der Waals surface area (Å²) in [5.74, 6) is 0.567. The average Bonchev–Trinajstić information content (AvgIpc) is 2.71. The zero-order valence-electron chi connectivity index (χ0n) is 6.81. The van der Waals surface area contributed by atoms with Gasteiger partial charge in [-0.05, 0) is 12.1 Å². The van der Waals surface area contributed by atoms with E-state index in [0.717, 1.165) is 11.8 Å². The predicted octanol–water partition coefficient (Wildman–Crippen LogP) is 2.15. The van der Waals surface area contributed by atoms with Gasteiger partial charge in [0.05, 0.1) is 6.20 Å². The number of benzene rings is 1. The molecule has 3 nitrogen and oxygen atoms in total. The van der Waals surface area contributed by atoms with Crippen molar-refractivity contribution in [2.75, 3.05) is 0 Å². The van der Waals surface area contributed by atoms with Crippen LogP contribution < -0.4 is 0 Å². The quantitative estimate of drug-likeness (QED) is 0.653. The number of carbonyl (C=O) groups is 1. The number of nitrogens with zero attached hydrogens (tertiary/aromatic N) is 1. The van der Waals surface area contributed by atoms with Gasteiger partial charge < -0.3 is 4.42 Å². The molecule has 0 amide bonds. The summed E-state index contributed by atoms with van der Waals surface area (Å²) >= 11 is 0.